The highest BCUT2D eigenvalue weighted by Crippen LogP contribution is 2.34. The number of aryl methyl sites for hydroxylation is 1. The molecule has 1 N–H and O–H groups in total. The third-order valence-electron chi connectivity index (χ3n) is 5.48. The van der Waals surface area contributed by atoms with Gasteiger partial charge < -0.3 is 14.6 Å². The lowest BCUT2D eigenvalue weighted by atomic mass is 10.1. The van der Waals surface area contributed by atoms with Gasteiger partial charge in [-0.15, -0.1) is 0 Å². The van der Waals surface area contributed by atoms with Gasteiger partial charge in [-0.3, -0.25) is 14.1 Å². The molecule has 2 aromatic carbocycles. The first-order chi connectivity index (χ1) is 15.6. The van der Waals surface area contributed by atoms with Crippen LogP contribution >= 0.6 is 0 Å². The fourth-order valence-corrected chi connectivity index (χ4v) is 3.96. The molecule has 1 aliphatic rings. The van der Waals surface area contributed by atoms with Crippen molar-refractivity contribution in [3.05, 3.63) is 83.2 Å². The molecular weight excluding hydrogens is 406 g/mol. The second-order valence-corrected chi connectivity index (χ2v) is 7.83. The van der Waals surface area contributed by atoms with Crippen molar-refractivity contribution in [2.45, 2.75) is 6.54 Å². The summed E-state index contributed by atoms with van der Waals surface area (Å²) in [6.45, 7) is 2.19. The Labute approximate surface area is 184 Å². The number of benzene rings is 2. The van der Waals surface area contributed by atoms with Crippen LogP contribution in [0.4, 0.5) is 0 Å². The molecule has 1 fully saturated rings. The summed E-state index contributed by atoms with van der Waals surface area (Å²) in [7, 11) is 1.72. The number of carbonyl (C=O) groups excluding carboxylic acids is 1. The lowest BCUT2D eigenvalue weighted by Gasteiger charge is -2.25. The van der Waals surface area contributed by atoms with E-state index in [4.69, 9.17) is 9.72 Å². The van der Waals surface area contributed by atoms with E-state index in [1.165, 1.54) is 0 Å². The van der Waals surface area contributed by atoms with Gasteiger partial charge >= 0.3 is 5.69 Å². The summed E-state index contributed by atoms with van der Waals surface area (Å²) in [4.78, 5) is 31.3. The van der Waals surface area contributed by atoms with Crippen LogP contribution in [0, 0.1) is 0 Å². The summed E-state index contributed by atoms with van der Waals surface area (Å²) in [6.07, 6.45) is 3.55. The van der Waals surface area contributed by atoms with Gasteiger partial charge in [0.15, 0.2) is 5.65 Å². The molecule has 2 aromatic heterocycles. The molecule has 8 nitrogen and oxygen atoms in total. The highest BCUT2D eigenvalue weighted by atomic mass is 16.5. The summed E-state index contributed by atoms with van der Waals surface area (Å²) in [5.74, 6) is 1.41. The number of ether oxygens (including phenoxy) is 1. The van der Waals surface area contributed by atoms with E-state index in [2.05, 4.69) is 5.32 Å². The fraction of sp³-hybridized carbons (Fsp3) is 0.208. The Balaban J connectivity index is 1.58. The molecule has 1 amide bonds. The predicted octanol–water partition coefficient (Wildman–Crippen LogP) is 2.42. The summed E-state index contributed by atoms with van der Waals surface area (Å²) in [6, 6.07) is 17.3. The van der Waals surface area contributed by atoms with Crippen LogP contribution in [0.5, 0.6) is 11.5 Å². The highest BCUT2D eigenvalue weighted by Gasteiger charge is 2.20. The van der Waals surface area contributed by atoms with Crippen LogP contribution in [0.3, 0.4) is 0 Å². The van der Waals surface area contributed by atoms with Gasteiger partial charge in [0, 0.05) is 50.2 Å². The molecule has 4 aromatic rings. The minimum Gasteiger partial charge on any atom is -0.457 e. The van der Waals surface area contributed by atoms with E-state index in [0.29, 0.717) is 31.0 Å². The van der Waals surface area contributed by atoms with Crippen LogP contribution in [-0.2, 0) is 18.4 Å². The monoisotopic (exact) mass is 429 g/mol. The maximum atomic E-state index is 12.8. The van der Waals surface area contributed by atoms with E-state index in [0.717, 1.165) is 29.1 Å². The van der Waals surface area contributed by atoms with E-state index in [1.807, 2.05) is 59.5 Å². The average molecular weight is 429 g/mol. The van der Waals surface area contributed by atoms with Crippen molar-refractivity contribution < 1.29 is 9.53 Å². The Hall–Kier alpha value is -3.91. The Bertz CT molecular complexity index is 1340. The number of amides is 1. The second-order valence-electron chi connectivity index (χ2n) is 7.83. The Morgan fingerprint density at radius 2 is 1.78 bits per heavy atom. The molecule has 0 aliphatic carbocycles. The van der Waals surface area contributed by atoms with Crippen LogP contribution in [0.15, 0.2) is 71.8 Å². The number of carbonyl (C=O) groups is 1. The number of imidazole rings is 1. The number of hydrogen-bond donors (Lipinski definition) is 1. The third kappa shape index (κ3) is 3.88. The zero-order chi connectivity index (χ0) is 22.1. The minimum absolute atomic E-state index is 0.00334. The molecule has 8 heteroatoms. The van der Waals surface area contributed by atoms with Crippen LogP contribution in [0.1, 0.15) is 5.69 Å². The van der Waals surface area contributed by atoms with Gasteiger partial charge in [0.05, 0.1) is 12.2 Å². The van der Waals surface area contributed by atoms with Crippen LogP contribution in [-0.4, -0.2) is 44.4 Å². The lowest BCUT2D eigenvalue weighted by Crippen LogP contribution is -2.47. The number of rotatable bonds is 5. The third-order valence-corrected chi connectivity index (χ3v) is 5.48. The smallest absolute Gasteiger partial charge is 0.333 e. The topological polar surface area (TPSA) is 80.9 Å². The quantitative estimate of drug-likeness (QED) is 0.527. The van der Waals surface area contributed by atoms with E-state index in [1.54, 1.807) is 28.4 Å². The maximum absolute atomic E-state index is 12.8. The molecule has 1 aliphatic heterocycles. The van der Waals surface area contributed by atoms with Crippen molar-refractivity contribution in [3.8, 4) is 22.6 Å². The van der Waals surface area contributed by atoms with Crippen molar-refractivity contribution >= 4 is 11.6 Å². The number of nitrogens with zero attached hydrogens (tertiary/aromatic N) is 4. The number of piperazine rings is 1. The first-order valence-corrected chi connectivity index (χ1v) is 10.5. The highest BCUT2D eigenvalue weighted by molar-refractivity contribution is 5.81. The summed E-state index contributed by atoms with van der Waals surface area (Å²) < 4.78 is 9.25. The Morgan fingerprint density at radius 1 is 1.00 bits per heavy atom. The first-order valence-electron chi connectivity index (χ1n) is 10.5. The molecule has 3 heterocycles. The van der Waals surface area contributed by atoms with E-state index < -0.39 is 0 Å². The van der Waals surface area contributed by atoms with Crippen molar-refractivity contribution in [3.63, 3.8) is 0 Å². The largest absolute Gasteiger partial charge is 0.457 e. The summed E-state index contributed by atoms with van der Waals surface area (Å²) in [5.41, 5.74) is 2.76. The number of para-hydroxylation sites is 2. The number of fused-ring (bicyclic) bond motifs is 1. The molecule has 0 unspecified atom stereocenters. The normalized spacial score (nSPS) is 14.5. The van der Waals surface area contributed by atoms with E-state index >= 15 is 0 Å². The predicted molar refractivity (Wildman–Crippen MR) is 121 cm³/mol. The molecule has 0 spiro atoms. The molecule has 32 heavy (non-hydrogen) atoms. The molecule has 0 atom stereocenters. The lowest BCUT2D eigenvalue weighted by molar-refractivity contribution is -0.124. The van der Waals surface area contributed by atoms with Crippen LogP contribution in [0.2, 0.25) is 0 Å². The molecule has 1 saturated heterocycles. The summed E-state index contributed by atoms with van der Waals surface area (Å²) in [5, 5.41) is 2.82. The number of aromatic nitrogens is 3. The van der Waals surface area contributed by atoms with Crippen molar-refractivity contribution in [1.82, 2.24) is 24.2 Å². The minimum atomic E-state index is -0.180. The van der Waals surface area contributed by atoms with Crippen molar-refractivity contribution in [2.24, 2.45) is 7.05 Å². The molecule has 0 saturated carbocycles. The number of nitrogens with one attached hydrogen (secondary N) is 1. The van der Waals surface area contributed by atoms with Crippen molar-refractivity contribution in [2.75, 3.05) is 19.6 Å². The SMILES string of the molecule is Cn1cc(-c2ccccc2Oc2ccccc2)c2nc(CN3CCNC(=O)C3)cn2c1=O. The van der Waals surface area contributed by atoms with E-state index in [-0.39, 0.29) is 11.6 Å². The second kappa shape index (κ2) is 8.32. The van der Waals surface area contributed by atoms with Gasteiger partial charge in [0.1, 0.15) is 11.5 Å². The number of hydrogen-bond acceptors (Lipinski definition) is 5. The van der Waals surface area contributed by atoms with Gasteiger partial charge in [0.2, 0.25) is 5.91 Å². The maximum Gasteiger partial charge on any atom is 0.333 e. The van der Waals surface area contributed by atoms with Crippen LogP contribution < -0.4 is 15.7 Å². The zero-order valence-electron chi connectivity index (χ0n) is 17.7. The van der Waals surface area contributed by atoms with Gasteiger partial charge in [-0.05, 0) is 18.2 Å². The van der Waals surface area contributed by atoms with Gasteiger partial charge in [-0.25, -0.2) is 9.78 Å². The molecule has 0 bridgehead atoms. The summed E-state index contributed by atoms with van der Waals surface area (Å²) >= 11 is 0. The average Bonchev–Trinajstić information content (AvgIpc) is 3.21. The van der Waals surface area contributed by atoms with Crippen molar-refractivity contribution in [1.29, 1.82) is 0 Å². The van der Waals surface area contributed by atoms with Gasteiger partial charge in [-0.1, -0.05) is 36.4 Å². The first kappa shape index (κ1) is 20.0. The Kier molecular flexibility index (Phi) is 5.20. The molecule has 5 rings (SSSR count). The standard InChI is InChI=1S/C24H23N5O3/c1-27-15-20(19-9-5-6-10-21(19)32-18-7-3-2-4-8-18)23-26-17(14-29(23)24(27)31)13-28-12-11-25-22(30)16-28/h2-10,14-15H,11-13,16H2,1H3,(H,25,30). The van der Waals surface area contributed by atoms with Crippen LogP contribution in [0.25, 0.3) is 16.8 Å². The fourth-order valence-electron chi connectivity index (χ4n) is 3.96. The zero-order valence-corrected chi connectivity index (χ0v) is 17.7. The van der Waals surface area contributed by atoms with E-state index in [9.17, 15) is 9.59 Å². The molecule has 162 valence electrons. The Morgan fingerprint density at radius 3 is 2.59 bits per heavy atom. The molecule has 0 radical (unpaired) electrons. The van der Waals surface area contributed by atoms with Gasteiger partial charge in [0.25, 0.3) is 0 Å². The van der Waals surface area contributed by atoms with Gasteiger partial charge in [-0.2, -0.15) is 0 Å². The molecular formula is C24H23N5O3.